The molecule has 0 bridgehead atoms. The van der Waals surface area contributed by atoms with Crippen LogP contribution < -0.4 is 5.56 Å². The van der Waals surface area contributed by atoms with E-state index in [1.54, 1.807) is 43.6 Å². The summed E-state index contributed by atoms with van der Waals surface area (Å²) < 4.78 is 15.2. The molecule has 0 saturated carbocycles. The molecule has 0 saturated heterocycles. The first-order valence-electron chi connectivity index (χ1n) is 9.24. The Morgan fingerprint density at radius 2 is 2.06 bits per heavy atom. The number of halogens is 2. The van der Waals surface area contributed by atoms with E-state index in [0.717, 1.165) is 0 Å². The summed E-state index contributed by atoms with van der Waals surface area (Å²) in [7, 11) is 1.61. The Hall–Kier alpha value is -3.30. The number of carbonyl (C=O) groups excluding carboxylic acids is 1. The van der Waals surface area contributed by atoms with Gasteiger partial charge in [0, 0.05) is 18.7 Å². The van der Waals surface area contributed by atoms with Gasteiger partial charge in [-0.3, -0.25) is 9.59 Å². The van der Waals surface area contributed by atoms with Crippen molar-refractivity contribution in [2.75, 3.05) is 7.05 Å². The molecule has 0 spiro atoms. The Morgan fingerprint density at radius 1 is 1.32 bits per heavy atom. The molecule has 31 heavy (non-hydrogen) atoms. The molecule has 1 N–H and O–H groups in total. The molecule has 10 heteroatoms. The van der Waals surface area contributed by atoms with Gasteiger partial charge in [-0.1, -0.05) is 11.6 Å². The van der Waals surface area contributed by atoms with Crippen LogP contribution in [0.2, 0.25) is 5.15 Å². The first kappa shape index (κ1) is 21.0. The zero-order valence-corrected chi connectivity index (χ0v) is 18.2. The van der Waals surface area contributed by atoms with Crippen LogP contribution in [0.3, 0.4) is 0 Å². The Labute approximate surface area is 185 Å². The van der Waals surface area contributed by atoms with Gasteiger partial charge in [-0.2, -0.15) is 5.10 Å². The van der Waals surface area contributed by atoms with Crippen LogP contribution in [0, 0.1) is 12.7 Å². The van der Waals surface area contributed by atoms with Crippen LogP contribution in [-0.4, -0.2) is 37.6 Å². The minimum Gasteiger partial charge on any atom is -0.335 e. The van der Waals surface area contributed by atoms with Crippen LogP contribution in [0.25, 0.3) is 22.0 Å². The first-order chi connectivity index (χ1) is 14.8. The summed E-state index contributed by atoms with van der Waals surface area (Å²) in [6.45, 7) is 1.91. The number of nitrogens with zero attached hydrogens (tertiary/aromatic N) is 4. The second kappa shape index (κ2) is 8.44. The van der Waals surface area contributed by atoms with E-state index >= 15 is 0 Å². The molecule has 0 radical (unpaired) electrons. The predicted octanol–water partition coefficient (Wildman–Crippen LogP) is 3.94. The third-order valence-electron chi connectivity index (χ3n) is 4.64. The molecule has 3 heterocycles. The number of hydrogen-bond acceptors (Lipinski definition) is 5. The molecular weight excluding hydrogens is 441 g/mol. The maximum atomic E-state index is 13.2. The fraction of sp³-hybridized carbons (Fsp3) is 0.143. The second-order valence-electron chi connectivity index (χ2n) is 6.85. The molecule has 3 aromatic heterocycles. The number of amides is 1. The van der Waals surface area contributed by atoms with E-state index in [2.05, 4.69) is 15.1 Å². The number of rotatable bonds is 5. The predicted molar refractivity (Wildman–Crippen MR) is 119 cm³/mol. The van der Waals surface area contributed by atoms with Crippen molar-refractivity contribution in [3.05, 3.63) is 80.2 Å². The monoisotopic (exact) mass is 457 g/mol. The lowest BCUT2D eigenvalue weighted by Crippen LogP contribution is -2.26. The SMILES string of the molecule is Cc1nn(-c2ccc(F)cc2)c(Cl)c1/C=C/C(=O)N(C)Cc1nc2ccsc2c(=O)[nH]1. The number of aromatic nitrogens is 4. The van der Waals surface area contributed by atoms with Crippen LogP contribution >= 0.6 is 22.9 Å². The van der Waals surface area contributed by atoms with Crippen molar-refractivity contribution in [2.24, 2.45) is 0 Å². The number of benzene rings is 1. The Kier molecular flexibility index (Phi) is 5.71. The summed E-state index contributed by atoms with van der Waals surface area (Å²) in [4.78, 5) is 33.2. The highest BCUT2D eigenvalue weighted by Gasteiger charge is 2.14. The fourth-order valence-corrected chi connectivity index (χ4v) is 4.10. The standard InChI is InChI=1S/C21H17ClFN5O2S/c1-12-15(20(22)28(26-12)14-5-3-13(23)4-6-14)7-8-18(29)27(2)11-17-24-16-9-10-31-19(16)21(30)25-17/h3-10H,11H2,1-2H3,(H,24,25,30)/b8-7+. The number of nitrogens with one attached hydrogen (secondary N) is 1. The fourth-order valence-electron chi connectivity index (χ4n) is 3.03. The average Bonchev–Trinajstić information content (AvgIpc) is 3.32. The molecule has 158 valence electrons. The van der Waals surface area contributed by atoms with E-state index < -0.39 is 0 Å². The molecule has 0 aliphatic rings. The minimum atomic E-state index is -0.355. The number of aryl methyl sites for hydroxylation is 1. The summed E-state index contributed by atoms with van der Waals surface area (Å²) in [5.74, 6) is -0.247. The van der Waals surface area contributed by atoms with E-state index in [0.29, 0.717) is 38.1 Å². The molecular formula is C21H17ClFN5O2S. The maximum absolute atomic E-state index is 13.2. The van der Waals surface area contributed by atoms with Gasteiger partial charge in [0.15, 0.2) is 0 Å². The number of aromatic amines is 1. The van der Waals surface area contributed by atoms with Crippen LogP contribution in [0.15, 0.2) is 46.6 Å². The van der Waals surface area contributed by atoms with Crippen LogP contribution in [-0.2, 0) is 11.3 Å². The van der Waals surface area contributed by atoms with E-state index in [1.165, 1.54) is 39.1 Å². The van der Waals surface area contributed by atoms with E-state index in [1.807, 2.05) is 0 Å². The lowest BCUT2D eigenvalue weighted by Gasteiger charge is -2.14. The summed E-state index contributed by atoms with van der Waals surface area (Å²) in [5, 5.41) is 6.48. The highest BCUT2D eigenvalue weighted by atomic mass is 35.5. The highest BCUT2D eigenvalue weighted by Crippen LogP contribution is 2.25. The van der Waals surface area contributed by atoms with Gasteiger partial charge in [-0.05, 0) is 48.7 Å². The zero-order valence-electron chi connectivity index (χ0n) is 16.6. The van der Waals surface area contributed by atoms with Gasteiger partial charge in [0.2, 0.25) is 5.91 Å². The largest absolute Gasteiger partial charge is 0.335 e. The van der Waals surface area contributed by atoms with Gasteiger partial charge in [-0.15, -0.1) is 11.3 Å². The van der Waals surface area contributed by atoms with Gasteiger partial charge in [0.1, 0.15) is 21.5 Å². The molecule has 4 aromatic rings. The van der Waals surface area contributed by atoms with Gasteiger partial charge in [-0.25, -0.2) is 14.1 Å². The summed E-state index contributed by atoms with van der Waals surface area (Å²) in [6.07, 6.45) is 2.97. The lowest BCUT2D eigenvalue weighted by atomic mass is 10.2. The molecule has 0 unspecified atom stereocenters. The van der Waals surface area contributed by atoms with Crippen molar-refractivity contribution in [1.29, 1.82) is 0 Å². The number of thiophene rings is 1. The third-order valence-corrected chi connectivity index (χ3v) is 5.90. The molecule has 0 fully saturated rings. The molecule has 0 aliphatic heterocycles. The Morgan fingerprint density at radius 3 is 2.81 bits per heavy atom. The zero-order chi connectivity index (χ0) is 22.1. The minimum absolute atomic E-state index is 0.145. The van der Waals surface area contributed by atoms with Gasteiger partial charge < -0.3 is 9.88 Å². The topological polar surface area (TPSA) is 83.9 Å². The average molecular weight is 458 g/mol. The normalized spacial score (nSPS) is 11.5. The number of carbonyl (C=O) groups is 1. The van der Waals surface area contributed by atoms with Crippen LogP contribution in [0.5, 0.6) is 0 Å². The smallest absolute Gasteiger partial charge is 0.268 e. The maximum Gasteiger partial charge on any atom is 0.268 e. The van der Waals surface area contributed by atoms with Crippen molar-refractivity contribution < 1.29 is 9.18 Å². The molecule has 7 nitrogen and oxygen atoms in total. The quantitative estimate of drug-likeness (QED) is 0.460. The Bertz CT molecular complexity index is 1360. The lowest BCUT2D eigenvalue weighted by molar-refractivity contribution is -0.125. The summed E-state index contributed by atoms with van der Waals surface area (Å²) in [5.41, 5.74) is 2.20. The number of H-pyrrole nitrogens is 1. The van der Waals surface area contributed by atoms with Crippen molar-refractivity contribution in [1.82, 2.24) is 24.6 Å². The van der Waals surface area contributed by atoms with Crippen molar-refractivity contribution in [2.45, 2.75) is 13.5 Å². The number of fused-ring (bicyclic) bond motifs is 1. The van der Waals surface area contributed by atoms with Crippen molar-refractivity contribution in [3.63, 3.8) is 0 Å². The molecule has 0 atom stereocenters. The van der Waals surface area contributed by atoms with Gasteiger partial charge in [0.05, 0.1) is 23.4 Å². The first-order valence-corrected chi connectivity index (χ1v) is 10.5. The highest BCUT2D eigenvalue weighted by molar-refractivity contribution is 7.17. The van der Waals surface area contributed by atoms with Crippen molar-refractivity contribution >= 4 is 45.1 Å². The Balaban J connectivity index is 1.51. The van der Waals surface area contributed by atoms with E-state index in [-0.39, 0.29) is 23.8 Å². The van der Waals surface area contributed by atoms with Gasteiger partial charge in [0.25, 0.3) is 5.56 Å². The summed E-state index contributed by atoms with van der Waals surface area (Å²) >= 11 is 7.76. The third kappa shape index (κ3) is 4.28. The second-order valence-corrected chi connectivity index (χ2v) is 8.13. The van der Waals surface area contributed by atoms with E-state index in [4.69, 9.17) is 11.6 Å². The number of hydrogen-bond donors (Lipinski definition) is 1. The van der Waals surface area contributed by atoms with Crippen LogP contribution in [0.4, 0.5) is 4.39 Å². The van der Waals surface area contributed by atoms with Gasteiger partial charge >= 0.3 is 0 Å². The molecule has 4 rings (SSSR count). The molecule has 1 aromatic carbocycles. The molecule has 0 aliphatic carbocycles. The molecule has 1 amide bonds. The number of likely N-dealkylation sites (N-methyl/N-ethyl adjacent to an activating group) is 1. The van der Waals surface area contributed by atoms with Crippen LogP contribution in [0.1, 0.15) is 17.1 Å². The summed E-state index contributed by atoms with van der Waals surface area (Å²) in [6, 6.07) is 7.55. The van der Waals surface area contributed by atoms with E-state index in [9.17, 15) is 14.0 Å². The van der Waals surface area contributed by atoms with Crippen molar-refractivity contribution in [3.8, 4) is 5.69 Å².